The topological polar surface area (TPSA) is 63.6 Å². The van der Waals surface area contributed by atoms with Crippen molar-refractivity contribution < 1.29 is 0 Å². The van der Waals surface area contributed by atoms with Crippen molar-refractivity contribution in [3.05, 3.63) is 44.0 Å². The lowest BCUT2D eigenvalue weighted by molar-refractivity contribution is 0.656. The predicted octanol–water partition coefficient (Wildman–Crippen LogP) is 2.30. The van der Waals surface area contributed by atoms with E-state index < -0.39 is 0 Å². The zero-order valence-corrected chi connectivity index (χ0v) is 11.9. The summed E-state index contributed by atoms with van der Waals surface area (Å²) in [4.78, 5) is 21.0. The fourth-order valence-electron chi connectivity index (χ4n) is 1.75. The van der Waals surface area contributed by atoms with Gasteiger partial charge >= 0.3 is 0 Å². The molecule has 3 rings (SSSR count). The van der Waals surface area contributed by atoms with Crippen molar-refractivity contribution in [3.8, 4) is 0 Å². The molecule has 0 aliphatic heterocycles. The highest BCUT2D eigenvalue weighted by molar-refractivity contribution is 9.10. The van der Waals surface area contributed by atoms with Crippen molar-refractivity contribution in [2.45, 2.75) is 13.5 Å². The van der Waals surface area contributed by atoms with Gasteiger partial charge in [0.1, 0.15) is 10.7 Å². The molecule has 0 atom stereocenters. The van der Waals surface area contributed by atoms with Crippen LogP contribution in [0.3, 0.4) is 0 Å². The van der Waals surface area contributed by atoms with Gasteiger partial charge in [-0.1, -0.05) is 0 Å². The molecule has 0 aromatic carbocycles. The van der Waals surface area contributed by atoms with Gasteiger partial charge in [-0.25, -0.2) is 4.98 Å². The molecule has 0 fully saturated rings. The number of thiophene rings is 1. The molecular weight excluding hydrogens is 316 g/mol. The Morgan fingerprint density at radius 3 is 3.11 bits per heavy atom. The second-order valence-corrected chi connectivity index (χ2v) is 6.10. The van der Waals surface area contributed by atoms with Gasteiger partial charge in [0.25, 0.3) is 5.56 Å². The Morgan fingerprint density at radius 2 is 2.39 bits per heavy atom. The third kappa shape index (κ3) is 2.11. The van der Waals surface area contributed by atoms with E-state index in [4.69, 9.17) is 0 Å². The number of rotatable bonds is 2. The van der Waals surface area contributed by atoms with Crippen LogP contribution in [0.4, 0.5) is 0 Å². The van der Waals surface area contributed by atoms with Crippen LogP contribution in [0, 0.1) is 6.92 Å². The molecule has 0 unspecified atom stereocenters. The van der Waals surface area contributed by atoms with Crippen LogP contribution in [0.25, 0.3) is 10.2 Å². The molecule has 0 amide bonds. The average Bonchev–Trinajstić information content (AvgIpc) is 2.85. The molecule has 3 aromatic heterocycles. The first-order chi connectivity index (χ1) is 8.61. The SMILES string of the molecule is Cc1cc2c(=O)[nH]c(Cn3cc(Br)cn3)nc2s1. The van der Waals surface area contributed by atoms with Crippen molar-refractivity contribution in [2.24, 2.45) is 0 Å². The van der Waals surface area contributed by atoms with E-state index in [1.807, 2.05) is 19.2 Å². The van der Waals surface area contributed by atoms with Crippen LogP contribution in [-0.2, 0) is 6.54 Å². The lowest BCUT2D eigenvalue weighted by atomic mass is 10.4. The number of fused-ring (bicyclic) bond motifs is 1. The van der Waals surface area contributed by atoms with E-state index in [9.17, 15) is 4.79 Å². The number of aryl methyl sites for hydroxylation is 1. The second-order valence-electron chi connectivity index (χ2n) is 3.94. The van der Waals surface area contributed by atoms with Crippen molar-refractivity contribution >= 4 is 37.5 Å². The van der Waals surface area contributed by atoms with Crippen LogP contribution >= 0.6 is 27.3 Å². The Kier molecular flexibility index (Phi) is 2.79. The molecule has 18 heavy (non-hydrogen) atoms. The number of hydrogen-bond donors (Lipinski definition) is 1. The minimum Gasteiger partial charge on any atom is -0.308 e. The maximum Gasteiger partial charge on any atom is 0.259 e. The van der Waals surface area contributed by atoms with Gasteiger partial charge in [0.05, 0.1) is 22.6 Å². The van der Waals surface area contributed by atoms with Gasteiger partial charge in [-0.15, -0.1) is 11.3 Å². The number of halogens is 1. The number of nitrogens with one attached hydrogen (secondary N) is 1. The highest BCUT2D eigenvalue weighted by atomic mass is 79.9. The van der Waals surface area contributed by atoms with Gasteiger partial charge < -0.3 is 4.98 Å². The first-order valence-electron chi connectivity index (χ1n) is 5.29. The monoisotopic (exact) mass is 324 g/mol. The fourth-order valence-corrected chi connectivity index (χ4v) is 2.98. The zero-order chi connectivity index (χ0) is 12.7. The number of hydrogen-bond acceptors (Lipinski definition) is 4. The quantitative estimate of drug-likeness (QED) is 0.786. The van der Waals surface area contributed by atoms with E-state index in [0.29, 0.717) is 17.8 Å². The third-order valence-corrected chi connectivity index (χ3v) is 3.84. The van der Waals surface area contributed by atoms with Crippen molar-refractivity contribution in [1.29, 1.82) is 0 Å². The molecule has 0 bridgehead atoms. The average molecular weight is 325 g/mol. The van der Waals surface area contributed by atoms with E-state index in [0.717, 1.165) is 14.2 Å². The summed E-state index contributed by atoms with van der Waals surface area (Å²) in [7, 11) is 0. The summed E-state index contributed by atoms with van der Waals surface area (Å²) in [5.74, 6) is 0.616. The summed E-state index contributed by atoms with van der Waals surface area (Å²) < 4.78 is 2.62. The van der Waals surface area contributed by atoms with E-state index in [1.54, 1.807) is 10.9 Å². The molecule has 3 aromatic rings. The Labute approximate surface area is 115 Å². The Bertz CT molecular complexity index is 773. The summed E-state index contributed by atoms with van der Waals surface area (Å²) >= 11 is 4.86. The van der Waals surface area contributed by atoms with Gasteiger partial charge in [0, 0.05) is 11.1 Å². The van der Waals surface area contributed by atoms with Gasteiger partial charge in [0.15, 0.2) is 0 Å². The van der Waals surface area contributed by atoms with E-state index in [2.05, 4.69) is 31.0 Å². The van der Waals surface area contributed by atoms with Crippen LogP contribution in [-0.4, -0.2) is 19.7 Å². The Morgan fingerprint density at radius 1 is 1.56 bits per heavy atom. The summed E-state index contributed by atoms with van der Waals surface area (Å²) in [6, 6.07) is 1.86. The lowest BCUT2D eigenvalue weighted by Crippen LogP contribution is -2.13. The number of aromatic nitrogens is 4. The zero-order valence-electron chi connectivity index (χ0n) is 9.48. The first kappa shape index (κ1) is 11.6. The maximum atomic E-state index is 11.9. The molecule has 0 aliphatic rings. The van der Waals surface area contributed by atoms with Crippen molar-refractivity contribution in [1.82, 2.24) is 19.7 Å². The molecule has 0 spiro atoms. The first-order valence-corrected chi connectivity index (χ1v) is 6.90. The minimum absolute atomic E-state index is 0.0921. The standard InChI is InChI=1S/C11H9BrN4OS/c1-6-2-8-10(17)14-9(15-11(8)18-6)5-16-4-7(12)3-13-16/h2-4H,5H2,1H3,(H,14,15,17). The summed E-state index contributed by atoms with van der Waals surface area (Å²) in [5, 5.41) is 4.79. The Balaban J connectivity index is 2.04. The van der Waals surface area contributed by atoms with Gasteiger partial charge in [-0.3, -0.25) is 9.48 Å². The van der Waals surface area contributed by atoms with Crippen molar-refractivity contribution in [3.63, 3.8) is 0 Å². The maximum absolute atomic E-state index is 11.9. The number of nitrogens with zero attached hydrogens (tertiary/aromatic N) is 3. The minimum atomic E-state index is -0.0921. The smallest absolute Gasteiger partial charge is 0.259 e. The van der Waals surface area contributed by atoms with Crippen LogP contribution in [0.2, 0.25) is 0 Å². The molecular formula is C11H9BrN4OS. The van der Waals surface area contributed by atoms with Gasteiger partial charge in [-0.2, -0.15) is 5.10 Å². The molecule has 1 N–H and O–H groups in total. The third-order valence-electron chi connectivity index (χ3n) is 2.49. The van der Waals surface area contributed by atoms with Gasteiger partial charge in [0.2, 0.25) is 0 Å². The number of H-pyrrole nitrogens is 1. The Hall–Kier alpha value is -1.47. The molecule has 7 heteroatoms. The molecule has 0 radical (unpaired) electrons. The van der Waals surface area contributed by atoms with Gasteiger partial charge in [-0.05, 0) is 28.9 Å². The van der Waals surface area contributed by atoms with Crippen LogP contribution in [0.5, 0.6) is 0 Å². The summed E-state index contributed by atoms with van der Waals surface area (Å²) in [6.45, 7) is 2.42. The van der Waals surface area contributed by atoms with Crippen LogP contribution in [0.15, 0.2) is 27.7 Å². The van der Waals surface area contributed by atoms with E-state index >= 15 is 0 Å². The molecule has 0 saturated carbocycles. The normalized spacial score (nSPS) is 11.2. The fraction of sp³-hybridized carbons (Fsp3) is 0.182. The van der Waals surface area contributed by atoms with Crippen LogP contribution in [0.1, 0.15) is 10.7 Å². The van der Waals surface area contributed by atoms with E-state index in [-0.39, 0.29) is 5.56 Å². The second kappa shape index (κ2) is 4.33. The largest absolute Gasteiger partial charge is 0.308 e. The lowest BCUT2D eigenvalue weighted by Gasteiger charge is -2.00. The molecule has 3 heterocycles. The molecule has 5 nitrogen and oxygen atoms in total. The molecule has 0 aliphatic carbocycles. The summed E-state index contributed by atoms with van der Waals surface area (Å²) in [5.41, 5.74) is -0.0921. The van der Waals surface area contributed by atoms with E-state index in [1.165, 1.54) is 11.3 Å². The van der Waals surface area contributed by atoms with Crippen LogP contribution < -0.4 is 5.56 Å². The highest BCUT2D eigenvalue weighted by Crippen LogP contribution is 2.19. The number of aromatic amines is 1. The molecule has 0 saturated heterocycles. The molecule has 92 valence electrons. The summed E-state index contributed by atoms with van der Waals surface area (Å²) in [6.07, 6.45) is 3.54. The predicted molar refractivity (Wildman–Crippen MR) is 74.0 cm³/mol. The van der Waals surface area contributed by atoms with Crippen molar-refractivity contribution in [2.75, 3.05) is 0 Å². The highest BCUT2D eigenvalue weighted by Gasteiger charge is 2.07.